The number of benzene rings is 1. The molecule has 0 aliphatic carbocycles. The number of nitrogens with zero attached hydrogens (tertiary/aromatic N) is 7. The van der Waals surface area contributed by atoms with E-state index < -0.39 is 0 Å². The lowest BCUT2D eigenvalue weighted by atomic mass is 10.1. The molecule has 176 valence electrons. The standard InChI is InChI=1S/C22H29FN8S2/c1-4-17(21-25-26-27-31(21)14(2)19-6-5-11-32-19)29-7-9-30(10-8-29)22-28(3)18-13-15(24)12-16(23)20(18)33-22/h5-6,11-14,17,22H,4,7-10,24H2,1-3H3. The van der Waals surface area contributed by atoms with E-state index in [1.54, 1.807) is 23.1 Å². The fraction of sp³-hybridized carbons (Fsp3) is 0.500. The third-order valence-electron chi connectivity index (χ3n) is 6.61. The van der Waals surface area contributed by atoms with E-state index in [9.17, 15) is 4.39 Å². The SMILES string of the molecule is CCC(c1nnnn1C(C)c1cccs1)N1CCN(C2Sc3c(F)cc(N)cc3N2C)CC1. The Bertz CT molecular complexity index is 1100. The van der Waals surface area contributed by atoms with E-state index in [0.717, 1.165) is 44.1 Å². The fourth-order valence-electron chi connectivity index (χ4n) is 4.82. The molecule has 3 atom stereocenters. The van der Waals surface area contributed by atoms with Crippen molar-refractivity contribution >= 4 is 34.5 Å². The van der Waals surface area contributed by atoms with Crippen LogP contribution in [0.5, 0.6) is 0 Å². The summed E-state index contributed by atoms with van der Waals surface area (Å²) in [6, 6.07) is 7.73. The predicted octanol–water partition coefficient (Wildman–Crippen LogP) is 3.66. The minimum Gasteiger partial charge on any atom is -0.399 e. The van der Waals surface area contributed by atoms with Gasteiger partial charge in [0.25, 0.3) is 0 Å². The number of piperazine rings is 1. The van der Waals surface area contributed by atoms with E-state index in [0.29, 0.717) is 10.6 Å². The topological polar surface area (TPSA) is 79.3 Å². The van der Waals surface area contributed by atoms with Crippen LogP contribution in [0, 0.1) is 5.82 Å². The first-order chi connectivity index (χ1) is 16.0. The van der Waals surface area contributed by atoms with Gasteiger partial charge in [-0.25, -0.2) is 9.07 Å². The number of nitrogens with two attached hydrogens (primary N) is 1. The lowest BCUT2D eigenvalue weighted by Gasteiger charge is -2.42. The molecule has 2 aromatic heterocycles. The van der Waals surface area contributed by atoms with Gasteiger partial charge in [0.05, 0.1) is 22.7 Å². The van der Waals surface area contributed by atoms with Gasteiger partial charge in [0.1, 0.15) is 11.3 Å². The number of tetrazole rings is 1. The summed E-state index contributed by atoms with van der Waals surface area (Å²) in [4.78, 5) is 8.96. The van der Waals surface area contributed by atoms with E-state index in [-0.39, 0.29) is 23.4 Å². The molecule has 3 unspecified atom stereocenters. The van der Waals surface area contributed by atoms with Crippen LogP contribution >= 0.6 is 23.1 Å². The quantitative estimate of drug-likeness (QED) is 0.527. The molecule has 1 fully saturated rings. The van der Waals surface area contributed by atoms with Crippen LogP contribution in [0.25, 0.3) is 0 Å². The monoisotopic (exact) mass is 488 g/mol. The molecule has 0 radical (unpaired) electrons. The number of fused-ring (bicyclic) bond motifs is 1. The first-order valence-electron chi connectivity index (χ1n) is 11.3. The van der Waals surface area contributed by atoms with Crippen molar-refractivity contribution in [2.24, 2.45) is 0 Å². The molecule has 0 bridgehead atoms. The Balaban J connectivity index is 1.28. The van der Waals surface area contributed by atoms with Crippen molar-refractivity contribution in [2.45, 2.75) is 42.7 Å². The van der Waals surface area contributed by atoms with E-state index in [1.807, 2.05) is 17.8 Å². The first kappa shape index (κ1) is 22.6. The zero-order valence-electron chi connectivity index (χ0n) is 19.1. The summed E-state index contributed by atoms with van der Waals surface area (Å²) in [6.07, 6.45) is 0.936. The molecule has 33 heavy (non-hydrogen) atoms. The molecule has 0 spiro atoms. The number of aromatic nitrogens is 4. The van der Waals surface area contributed by atoms with Gasteiger partial charge in [-0.3, -0.25) is 9.80 Å². The van der Waals surface area contributed by atoms with Crippen molar-refractivity contribution in [2.75, 3.05) is 43.9 Å². The molecule has 0 saturated carbocycles. The third-order valence-corrected chi connectivity index (χ3v) is 9.12. The van der Waals surface area contributed by atoms with Crippen molar-refractivity contribution in [3.8, 4) is 0 Å². The van der Waals surface area contributed by atoms with E-state index in [4.69, 9.17) is 5.73 Å². The van der Waals surface area contributed by atoms with Gasteiger partial charge >= 0.3 is 0 Å². The molecule has 11 heteroatoms. The molecule has 2 N–H and O–H groups in total. The second kappa shape index (κ2) is 9.21. The lowest BCUT2D eigenvalue weighted by molar-refractivity contribution is 0.0825. The summed E-state index contributed by atoms with van der Waals surface area (Å²) in [7, 11) is 2.02. The maximum Gasteiger partial charge on any atom is 0.169 e. The highest BCUT2D eigenvalue weighted by atomic mass is 32.2. The van der Waals surface area contributed by atoms with Crippen molar-refractivity contribution in [3.05, 3.63) is 46.2 Å². The van der Waals surface area contributed by atoms with E-state index >= 15 is 0 Å². The van der Waals surface area contributed by atoms with Crippen LogP contribution in [-0.2, 0) is 0 Å². The Morgan fingerprint density at radius 3 is 2.73 bits per heavy atom. The van der Waals surface area contributed by atoms with Crippen molar-refractivity contribution in [1.29, 1.82) is 0 Å². The van der Waals surface area contributed by atoms with Crippen LogP contribution in [-0.4, -0.2) is 68.7 Å². The summed E-state index contributed by atoms with van der Waals surface area (Å²) in [6.45, 7) is 7.94. The Morgan fingerprint density at radius 1 is 1.24 bits per heavy atom. The second-order valence-corrected chi connectivity index (χ2v) is 10.6. The first-order valence-corrected chi connectivity index (χ1v) is 13.0. The second-order valence-electron chi connectivity index (χ2n) is 8.58. The summed E-state index contributed by atoms with van der Waals surface area (Å²) < 4.78 is 16.4. The highest BCUT2D eigenvalue weighted by Gasteiger charge is 2.37. The molecule has 1 saturated heterocycles. The third kappa shape index (κ3) is 4.11. The van der Waals surface area contributed by atoms with Crippen LogP contribution < -0.4 is 10.6 Å². The Kier molecular flexibility index (Phi) is 6.30. The Hall–Kier alpha value is -2.21. The molecular formula is C22H29FN8S2. The van der Waals surface area contributed by atoms with Gasteiger partial charge in [-0.15, -0.1) is 16.4 Å². The largest absolute Gasteiger partial charge is 0.399 e. The molecular weight excluding hydrogens is 459 g/mol. The van der Waals surface area contributed by atoms with Crippen molar-refractivity contribution in [1.82, 2.24) is 30.0 Å². The molecule has 2 aliphatic heterocycles. The van der Waals surface area contributed by atoms with Gasteiger partial charge in [0.2, 0.25) is 0 Å². The number of halogens is 1. The molecule has 2 aliphatic rings. The summed E-state index contributed by atoms with van der Waals surface area (Å²) in [5.74, 6) is 0.685. The van der Waals surface area contributed by atoms with Crippen molar-refractivity contribution in [3.63, 3.8) is 0 Å². The molecule has 4 heterocycles. The van der Waals surface area contributed by atoms with E-state index in [2.05, 4.69) is 61.6 Å². The molecule has 0 amide bonds. The molecule has 8 nitrogen and oxygen atoms in total. The minimum atomic E-state index is -0.235. The normalized spacial score (nSPS) is 21.3. The summed E-state index contributed by atoms with van der Waals surface area (Å²) in [5.41, 5.74) is 7.29. The Morgan fingerprint density at radius 2 is 2.03 bits per heavy atom. The van der Waals surface area contributed by atoms with Crippen LogP contribution in [0.2, 0.25) is 0 Å². The maximum absolute atomic E-state index is 14.5. The average molecular weight is 489 g/mol. The lowest BCUT2D eigenvalue weighted by Crippen LogP contribution is -2.53. The zero-order valence-corrected chi connectivity index (χ0v) is 20.7. The van der Waals surface area contributed by atoms with Crippen LogP contribution in [0.1, 0.15) is 43.1 Å². The smallest absolute Gasteiger partial charge is 0.169 e. The number of thioether (sulfide) groups is 1. The molecule has 5 rings (SSSR count). The number of hydrogen-bond donors (Lipinski definition) is 1. The van der Waals surface area contributed by atoms with Crippen LogP contribution in [0.4, 0.5) is 15.8 Å². The zero-order chi connectivity index (χ0) is 23.1. The van der Waals surface area contributed by atoms with Crippen LogP contribution in [0.3, 0.4) is 0 Å². The highest BCUT2D eigenvalue weighted by Crippen LogP contribution is 2.46. The van der Waals surface area contributed by atoms with E-state index in [1.165, 1.54) is 10.9 Å². The van der Waals surface area contributed by atoms with Gasteiger partial charge in [-0.2, -0.15) is 0 Å². The maximum atomic E-state index is 14.5. The average Bonchev–Trinajstić information content (AvgIpc) is 3.56. The van der Waals surface area contributed by atoms with Gasteiger partial charge in [0, 0.05) is 43.8 Å². The molecule has 3 aromatic rings. The number of nitrogen functional groups attached to an aromatic ring is 1. The summed E-state index contributed by atoms with van der Waals surface area (Å²) >= 11 is 3.30. The Labute approximate surface area is 201 Å². The number of anilines is 2. The minimum absolute atomic E-state index is 0.0719. The predicted molar refractivity (Wildman–Crippen MR) is 131 cm³/mol. The van der Waals surface area contributed by atoms with Gasteiger partial charge in [-0.05, 0) is 47.4 Å². The highest BCUT2D eigenvalue weighted by molar-refractivity contribution is 8.00. The fourth-order valence-corrected chi connectivity index (χ4v) is 6.93. The van der Waals surface area contributed by atoms with Gasteiger partial charge in [0.15, 0.2) is 5.82 Å². The number of thiophene rings is 1. The van der Waals surface area contributed by atoms with Crippen LogP contribution in [0.15, 0.2) is 34.5 Å². The van der Waals surface area contributed by atoms with Crippen molar-refractivity contribution < 1.29 is 4.39 Å². The number of rotatable bonds is 6. The molecule has 1 aromatic carbocycles. The summed E-state index contributed by atoms with van der Waals surface area (Å²) in [5, 5.41) is 14.9. The van der Waals surface area contributed by atoms with Gasteiger partial charge in [-0.1, -0.05) is 24.8 Å². The number of hydrogen-bond acceptors (Lipinski definition) is 9. The van der Waals surface area contributed by atoms with Gasteiger partial charge < -0.3 is 10.6 Å².